The molecule has 1 aromatic heterocycles. The maximum atomic E-state index is 13.1. The van der Waals surface area contributed by atoms with Crippen molar-refractivity contribution in [3.8, 4) is 0 Å². The molecule has 1 heterocycles. The molecular weight excluding hydrogens is 257 g/mol. The molecule has 1 aliphatic rings. The van der Waals surface area contributed by atoms with E-state index < -0.39 is 0 Å². The topological polar surface area (TPSA) is 62.7 Å². The fraction of sp³-hybridized carbons (Fsp3) is 0.357. The number of benzene rings is 1. The number of aromatic nitrogens is 3. The Hall–Kier alpha value is -2.24. The van der Waals surface area contributed by atoms with E-state index in [2.05, 4.69) is 25.8 Å². The third-order valence-electron chi connectivity index (χ3n) is 3.35. The first-order valence-electron chi connectivity index (χ1n) is 6.78. The smallest absolute Gasteiger partial charge is 0.249 e. The zero-order valence-corrected chi connectivity index (χ0v) is 11.0. The van der Waals surface area contributed by atoms with Crippen LogP contribution in [0.2, 0.25) is 0 Å². The van der Waals surface area contributed by atoms with Crippen LogP contribution in [0.15, 0.2) is 30.5 Å². The maximum Gasteiger partial charge on any atom is 0.249 e. The highest BCUT2D eigenvalue weighted by Crippen LogP contribution is 2.21. The predicted molar refractivity (Wildman–Crippen MR) is 75.4 cm³/mol. The van der Waals surface area contributed by atoms with Gasteiger partial charge in [-0.1, -0.05) is 18.9 Å². The Morgan fingerprint density at radius 3 is 2.85 bits per heavy atom. The van der Waals surface area contributed by atoms with Crippen LogP contribution in [-0.2, 0) is 0 Å². The molecule has 3 rings (SSSR count). The molecule has 5 nitrogen and oxygen atoms in total. The predicted octanol–water partition coefficient (Wildman–Crippen LogP) is 3.11. The van der Waals surface area contributed by atoms with Gasteiger partial charge in [0.1, 0.15) is 5.82 Å². The Balaban J connectivity index is 1.70. The van der Waals surface area contributed by atoms with Gasteiger partial charge in [0.05, 0.1) is 6.20 Å². The lowest BCUT2D eigenvalue weighted by Gasteiger charge is -2.12. The number of nitrogens with one attached hydrogen (secondary N) is 2. The van der Waals surface area contributed by atoms with Crippen molar-refractivity contribution in [2.24, 2.45) is 0 Å². The van der Waals surface area contributed by atoms with Gasteiger partial charge in [-0.25, -0.2) is 4.39 Å². The number of halogens is 1. The van der Waals surface area contributed by atoms with Crippen molar-refractivity contribution in [2.75, 3.05) is 10.6 Å². The largest absolute Gasteiger partial charge is 0.366 e. The summed E-state index contributed by atoms with van der Waals surface area (Å²) >= 11 is 0. The van der Waals surface area contributed by atoms with E-state index in [1.54, 1.807) is 18.3 Å². The van der Waals surface area contributed by atoms with Gasteiger partial charge in [0.25, 0.3) is 0 Å². The normalized spacial score (nSPS) is 15.2. The van der Waals surface area contributed by atoms with Gasteiger partial charge in [0.15, 0.2) is 5.82 Å². The molecule has 1 fully saturated rings. The van der Waals surface area contributed by atoms with E-state index in [1.165, 1.54) is 25.0 Å². The quantitative estimate of drug-likeness (QED) is 0.896. The third-order valence-corrected chi connectivity index (χ3v) is 3.35. The van der Waals surface area contributed by atoms with Crippen LogP contribution in [0.5, 0.6) is 0 Å². The van der Waals surface area contributed by atoms with Gasteiger partial charge in [-0.15, -0.1) is 5.10 Å². The van der Waals surface area contributed by atoms with E-state index in [9.17, 15) is 4.39 Å². The molecule has 1 saturated carbocycles. The summed E-state index contributed by atoms with van der Waals surface area (Å²) in [5, 5.41) is 14.1. The van der Waals surface area contributed by atoms with E-state index in [1.807, 2.05) is 0 Å². The van der Waals surface area contributed by atoms with Crippen LogP contribution >= 0.6 is 0 Å². The number of anilines is 3. The molecule has 0 radical (unpaired) electrons. The maximum absolute atomic E-state index is 13.1. The molecule has 0 saturated heterocycles. The van der Waals surface area contributed by atoms with Gasteiger partial charge < -0.3 is 10.6 Å². The van der Waals surface area contributed by atoms with Crippen LogP contribution in [0, 0.1) is 5.82 Å². The molecule has 0 atom stereocenters. The zero-order chi connectivity index (χ0) is 13.8. The molecule has 104 valence electrons. The summed E-state index contributed by atoms with van der Waals surface area (Å²) in [6, 6.07) is 6.63. The van der Waals surface area contributed by atoms with Gasteiger partial charge >= 0.3 is 0 Å². The van der Waals surface area contributed by atoms with Gasteiger partial charge in [0.2, 0.25) is 5.95 Å². The molecule has 0 aliphatic heterocycles. The van der Waals surface area contributed by atoms with Crippen molar-refractivity contribution in [2.45, 2.75) is 31.7 Å². The Morgan fingerprint density at radius 1 is 1.20 bits per heavy atom. The van der Waals surface area contributed by atoms with Crippen LogP contribution in [0.3, 0.4) is 0 Å². The molecular formula is C14H16FN5. The van der Waals surface area contributed by atoms with E-state index in [0.717, 1.165) is 12.8 Å². The highest BCUT2D eigenvalue weighted by atomic mass is 19.1. The fourth-order valence-electron chi connectivity index (χ4n) is 2.40. The minimum absolute atomic E-state index is 0.303. The molecule has 1 aromatic carbocycles. The van der Waals surface area contributed by atoms with Crippen molar-refractivity contribution in [3.63, 3.8) is 0 Å². The summed E-state index contributed by atoms with van der Waals surface area (Å²) in [6.07, 6.45) is 6.44. The molecule has 0 spiro atoms. The third kappa shape index (κ3) is 3.20. The zero-order valence-electron chi connectivity index (χ0n) is 11.0. The summed E-state index contributed by atoms with van der Waals surface area (Å²) in [7, 11) is 0. The summed E-state index contributed by atoms with van der Waals surface area (Å²) in [6.45, 7) is 0. The number of hydrogen-bond donors (Lipinski definition) is 2. The van der Waals surface area contributed by atoms with Crippen molar-refractivity contribution in [3.05, 3.63) is 36.3 Å². The van der Waals surface area contributed by atoms with Crippen LogP contribution in [0.25, 0.3) is 0 Å². The lowest BCUT2D eigenvalue weighted by Crippen LogP contribution is -2.16. The summed E-state index contributed by atoms with van der Waals surface area (Å²) < 4.78 is 13.1. The summed E-state index contributed by atoms with van der Waals surface area (Å²) in [4.78, 5) is 4.34. The molecule has 0 amide bonds. The summed E-state index contributed by atoms with van der Waals surface area (Å²) in [5.41, 5.74) is 0.602. The SMILES string of the molecule is Fc1cccc(Nc2nncc(NC3CCCC3)n2)c1. The van der Waals surface area contributed by atoms with E-state index in [0.29, 0.717) is 23.5 Å². The van der Waals surface area contributed by atoms with Crippen molar-refractivity contribution in [1.82, 2.24) is 15.2 Å². The number of nitrogens with zero attached hydrogens (tertiary/aromatic N) is 3. The lowest BCUT2D eigenvalue weighted by atomic mass is 10.2. The minimum atomic E-state index is -0.303. The van der Waals surface area contributed by atoms with E-state index in [4.69, 9.17) is 0 Å². The first-order valence-corrected chi connectivity index (χ1v) is 6.78. The molecule has 2 N–H and O–H groups in total. The Bertz CT molecular complexity index is 583. The van der Waals surface area contributed by atoms with E-state index >= 15 is 0 Å². The van der Waals surface area contributed by atoms with Crippen molar-refractivity contribution < 1.29 is 4.39 Å². The van der Waals surface area contributed by atoms with Gasteiger partial charge in [-0.05, 0) is 31.0 Å². The van der Waals surface area contributed by atoms with Crippen LogP contribution in [0.1, 0.15) is 25.7 Å². The molecule has 2 aromatic rings. The lowest BCUT2D eigenvalue weighted by molar-refractivity contribution is 0.628. The Morgan fingerprint density at radius 2 is 2.05 bits per heavy atom. The monoisotopic (exact) mass is 273 g/mol. The molecule has 20 heavy (non-hydrogen) atoms. The van der Waals surface area contributed by atoms with Gasteiger partial charge in [0, 0.05) is 11.7 Å². The molecule has 0 unspecified atom stereocenters. The second kappa shape index (κ2) is 5.81. The first-order chi connectivity index (χ1) is 9.79. The first kappa shape index (κ1) is 12.8. The van der Waals surface area contributed by atoms with E-state index in [-0.39, 0.29) is 5.82 Å². The highest BCUT2D eigenvalue weighted by Gasteiger charge is 2.15. The van der Waals surface area contributed by atoms with Gasteiger partial charge in [-0.3, -0.25) is 0 Å². The highest BCUT2D eigenvalue weighted by molar-refractivity contribution is 5.53. The second-order valence-corrected chi connectivity index (χ2v) is 4.93. The summed E-state index contributed by atoms with van der Waals surface area (Å²) in [5.74, 6) is 0.757. The Labute approximate surface area is 116 Å². The minimum Gasteiger partial charge on any atom is -0.366 e. The standard InChI is InChI=1S/C14H16FN5/c15-10-4-3-7-12(8-10)18-14-19-13(9-16-20-14)17-11-5-1-2-6-11/h3-4,7-9,11H,1-2,5-6H2,(H2,17,18,19,20). The average molecular weight is 273 g/mol. The van der Waals surface area contributed by atoms with Crippen LogP contribution in [0.4, 0.5) is 21.8 Å². The number of rotatable bonds is 4. The van der Waals surface area contributed by atoms with Crippen molar-refractivity contribution in [1.29, 1.82) is 0 Å². The molecule has 0 bridgehead atoms. The fourth-order valence-corrected chi connectivity index (χ4v) is 2.40. The number of hydrogen-bond acceptors (Lipinski definition) is 5. The van der Waals surface area contributed by atoms with Crippen LogP contribution in [-0.4, -0.2) is 21.2 Å². The van der Waals surface area contributed by atoms with Gasteiger partial charge in [-0.2, -0.15) is 10.1 Å². The molecule has 1 aliphatic carbocycles. The Kier molecular flexibility index (Phi) is 3.71. The van der Waals surface area contributed by atoms with Crippen molar-refractivity contribution >= 4 is 17.5 Å². The average Bonchev–Trinajstić information content (AvgIpc) is 2.92. The van der Waals surface area contributed by atoms with Crippen LogP contribution < -0.4 is 10.6 Å². The molecule has 6 heteroatoms. The second-order valence-electron chi connectivity index (χ2n) is 4.93.